The molecule has 3 aliphatic rings. The van der Waals surface area contributed by atoms with E-state index in [4.69, 9.17) is 4.74 Å². The molecule has 4 heteroatoms. The number of methoxy groups -OCH3 is 1. The number of fused-ring (bicyclic) bond motifs is 1. The molecule has 4 nitrogen and oxygen atoms in total. The van der Waals surface area contributed by atoms with E-state index in [0.29, 0.717) is 18.0 Å². The first-order valence-corrected chi connectivity index (χ1v) is 8.83. The molecular formula is C19H26N2O2. The molecule has 0 radical (unpaired) electrons. The van der Waals surface area contributed by atoms with Crippen LogP contribution < -0.4 is 5.32 Å². The number of ether oxygens (including phenoxy) is 1. The highest BCUT2D eigenvalue weighted by atomic mass is 16.5. The Morgan fingerprint density at radius 2 is 1.91 bits per heavy atom. The molecule has 23 heavy (non-hydrogen) atoms. The van der Waals surface area contributed by atoms with E-state index < -0.39 is 0 Å². The van der Waals surface area contributed by atoms with Crippen molar-refractivity contribution < 1.29 is 9.53 Å². The summed E-state index contributed by atoms with van der Waals surface area (Å²) in [5.74, 6) is 1.47. The van der Waals surface area contributed by atoms with E-state index in [1.807, 2.05) is 0 Å². The summed E-state index contributed by atoms with van der Waals surface area (Å²) in [6.07, 6.45) is 4.98. The van der Waals surface area contributed by atoms with Gasteiger partial charge in [0.05, 0.1) is 0 Å². The fourth-order valence-electron chi connectivity index (χ4n) is 4.49. The normalized spacial score (nSPS) is 28.0. The van der Waals surface area contributed by atoms with Crippen LogP contribution in [0.5, 0.6) is 0 Å². The Morgan fingerprint density at radius 3 is 2.52 bits per heavy atom. The minimum atomic E-state index is 0.0275. The van der Waals surface area contributed by atoms with Crippen LogP contribution in [-0.4, -0.2) is 49.7 Å². The molecule has 1 heterocycles. The molecule has 0 bridgehead atoms. The summed E-state index contributed by atoms with van der Waals surface area (Å²) >= 11 is 0. The Balaban J connectivity index is 1.42. The van der Waals surface area contributed by atoms with Gasteiger partial charge in [0.15, 0.2) is 0 Å². The van der Waals surface area contributed by atoms with E-state index in [1.165, 1.54) is 24.0 Å². The number of benzene rings is 1. The largest absolute Gasteiger partial charge is 0.375 e. The van der Waals surface area contributed by atoms with E-state index in [0.717, 1.165) is 31.8 Å². The lowest BCUT2D eigenvalue weighted by Gasteiger charge is -2.23. The Morgan fingerprint density at radius 1 is 1.22 bits per heavy atom. The monoisotopic (exact) mass is 314 g/mol. The number of hydrogen-bond acceptors (Lipinski definition) is 3. The summed E-state index contributed by atoms with van der Waals surface area (Å²) in [6, 6.07) is 9.73. The quantitative estimate of drug-likeness (QED) is 0.898. The van der Waals surface area contributed by atoms with Gasteiger partial charge in [-0.05, 0) is 48.6 Å². The van der Waals surface area contributed by atoms with Gasteiger partial charge in [-0.1, -0.05) is 24.3 Å². The van der Waals surface area contributed by atoms with Gasteiger partial charge in [-0.25, -0.2) is 0 Å². The van der Waals surface area contributed by atoms with E-state index in [2.05, 4.69) is 34.5 Å². The van der Waals surface area contributed by atoms with Crippen LogP contribution in [0.25, 0.3) is 0 Å². The van der Waals surface area contributed by atoms with Gasteiger partial charge >= 0.3 is 0 Å². The molecular weight excluding hydrogens is 288 g/mol. The molecule has 2 atom stereocenters. The molecule has 1 N–H and O–H groups in total. The van der Waals surface area contributed by atoms with Crippen LogP contribution in [0.3, 0.4) is 0 Å². The number of likely N-dealkylation sites (tertiary alicyclic amines) is 1. The maximum Gasteiger partial charge on any atom is 0.246 e. The highest BCUT2D eigenvalue weighted by molar-refractivity contribution is 5.77. The van der Waals surface area contributed by atoms with E-state index in [1.54, 1.807) is 7.11 Å². The minimum Gasteiger partial charge on any atom is -0.375 e. The maximum absolute atomic E-state index is 11.9. The average Bonchev–Trinajstić information content (AvgIpc) is 3.15. The first kappa shape index (κ1) is 15.2. The van der Waals surface area contributed by atoms with Crippen LogP contribution in [-0.2, 0) is 22.4 Å². The van der Waals surface area contributed by atoms with Crippen LogP contribution in [0.15, 0.2) is 24.3 Å². The molecule has 2 aliphatic carbocycles. The predicted octanol–water partition coefficient (Wildman–Crippen LogP) is 1.63. The van der Waals surface area contributed by atoms with E-state index >= 15 is 0 Å². The highest BCUT2D eigenvalue weighted by Crippen LogP contribution is 2.42. The number of carbonyl (C=O) groups excluding carboxylic acids is 1. The van der Waals surface area contributed by atoms with Gasteiger partial charge < -0.3 is 10.1 Å². The highest BCUT2D eigenvalue weighted by Gasteiger charge is 2.45. The summed E-state index contributed by atoms with van der Waals surface area (Å²) in [7, 11) is 1.58. The standard InChI is InChI=1S/C19H26N2O2/c1-23-12-19(22)20-18-11-21(10-17(18)13-6-7-13)16-8-14-4-2-3-5-15(14)9-16/h2-5,13,16-18H,6-12H2,1H3,(H,20,22)/t17-,18+/m1/s1. The van der Waals surface area contributed by atoms with Crippen LogP contribution >= 0.6 is 0 Å². The van der Waals surface area contributed by atoms with Crippen molar-refractivity contribution in [2.24, 2.45) is 11.8 Å². The fraction of sp³-hybridized carbons (Fsp3) is 0.632. The Labute approximate surface area is 138 Å². The number of nitrogens with zero attached hydrogens (tertiary/aromatic N) is 1. The number of hydrogen-bond donors (Lipinski definition) is 1. The van der Waals surface area contributed by atoms with Crippen molar-refractivity contribution in [3.63, 3.8) is 0 Å². The van der Waals surface area contributed by atoms with Gasteiger partial charge in [-0.3, -0.25) is 9.69 Å². The summed E-state index contributed by atoms with van der Waals surface area (Å²) in [6.45, 7) is 2.30. The summed E-state index contributed by atoms with van der Waals surface area (Å²) in [5, 5.41) is 3.22. The number of rotatable bonds is 5. The van der Waals surface area contributed by atoms with Gasteiger partial charge in [0.2, 0.25) is 5.91 Å². The molecule has 0 spiro atoms. The zero-order valence-corrected chi connectivity index (χ0v) is 13.8. The molecule has 2 fully saturated rings. The second kappa shape index (κ2) is 6.25. The smallest absolute Gasteiger partial charge is 0.246 e. The minimum absolute atomic E-state index is 0.0275. The molecule has 1 aromatic carbocycles. The zero-order chi connectivity index (χ0) is 15.8. The molecule has 1 aromatic rings. The lowest BCUT2D eigenvalue weighted by atomic mass is 9.98. The lowest BCUT2D eigenvalue weighted by molar-refractivity contribution is -0.125. The molecule has 1 amide bonds. The SMILES string of the molecule is COCC(=O)N[C@H]1CN(C2Cc3ccccc3C2)C[C@@H]1C1CC1. The second-order valence-electron chi connectivity index (χ2n) is 7.39. The zero-order valence-electron chi connectivity index (χ0n) is 13.8. The number of amides is 1. The second-order valence-corrected chi connectivity index (χ2v) is 7.39. The van der Waals surface area contributed by atoms with Crippen molar-refractivity contribution in [3.8, 4) is 0 Å². The van der Waals surface area contributed by atoms with Crippen molar-refractivity contribution >= 4 is 5.91 Å². The molecule has 1 aliphatic heterocycles. The predicted molar refractivity (Wildman–Crippen MR) is 89.2 cm³/mol. The fourth-order valence-corrected chi connectivity index (χ4v) is 4.49. The maximum atomic E-state index is 11.9. The molecule has 0 unspecified atom stereocenters. The van der Waals surface area contributed by atoms with Crippen LogP contribution in [0.1, 0.15) is 24.0 Å². The van der Waals surface area contributed by atoms with E-state index in [-0.39, 0.29) is 12.5 Å². The van der Waals surface area contributed by atoms with Crippen molar-refractivity contribution in [2.75, 3.05) is 26.8 Å². The summed E-state index contributed by atoms with van der Waals surface area (Å²) in [5.41, 5.74) is 3.01. The third-order valence-corrected chi connectivity index (χ3v) is 5.79. The van der Waals surface area contributed by atoms with Gasteiger partial charge in [-0.15, -0.1) is 0 Å². The van der Waals surface area contributed by atoms with Crippen LogP contribution in [0, 0.1) is 11.8 Å². The van der Waals surface area contributed by atoms with Crippen LogP contribution in [0.4, 0.5) is 0 Å². The first-order chi connectivity index (χ1) is 11.2. The number of carbonyl (C=O) groups is 1. The van der Waals surface area contributed by atoms with Gasteiger partial charge in [0.1, 0.15) is 6.61 Å². The molecule has 1 saturated carbocycles. The lowest BCUT2D eigenvalue weighted by Crippen LogP contribution is -2.43. The average molecular weight is 314 g/mol. The Hall–Kier alpha value is -1.39. The van der Waals surface area contributed by atoms with Crippen molar-refractivity contribution in [1.29, 1.82) is 0 Å². The summed E-state index contributed by atoms with van der Waals surface area (Å²) in [4.78, 5) is 14.6. The van der Waals surface area contributed by atoms with Crippen molar-refractivity contribution in [1.82, 2.24) is 10.2 Å². The third-order valence-electron chi connectivity index (χ3n) is 5.79. The van der Waals surface area contributed by atoms with Gasteiger partial charge in [0, 0.05) is 32.3 Å². The molecule has 4 rings (SSSR count). The van der Waals surface area contributed by atoms with Crippen molar-refractivity contribution in [3.05, 3.63) is 35.4 Å². The third kappa shape index (κ3) is 3.15. The molecule has 124 valence electrons. The molecule has 0 aromatic heterocycles. The van der Waals surface area contributed by atoms with E-state index in [9.17, 15) is 4.79 Å². The topological polar surface area (TPSA) is 41.6 Å². The summed E-state index contributed by atoms with van der Waals surface area (Å²) < 4.78 is 4.97. The molecule has 1 saturated heterocycles. The Bertz CT molecular complexity index is 559. The van der Waals surface area contributed by atoms with Gasteiger partial charge in [-0.2, -0.15) is 0 Å². The van der Waals surface area contributed by atoms with Gasteiger partial charge in [0.25, 0.3) is 0 Å². The number of nitrogens with one attached hydrogen (secondary N) is 1. The van der Waals surface area contributed by atoms with Crippen molar-refractivity contribution in [2.45, 2.75) is 37.8 Å². The Kier molecular flexibility index (Phi) is 4.12. The first-order valence-electron chi connectivity index (χ1n) is 8.83. The van der Waals surface area contributed by atoms with Crippen LogP contribution in [0.2, 0.25) is 0 Å².